The van der Waals surface area contributed by atoms with Crippen molar-refractivity contribution in [3.05, 3.63) is 47.0 Å². The van der Waals surface area contributed by atoms with E-state index >= 15 is 0 Å². The number of benzene rings is 2. The van der Waals surface area contributed by atoms with Crippen molar-refractivity contribution in [1.82, 2.24) is 9.55 Å². The van der Waals surface area contributed by atoms with E-state index in [9.17, 15) is 13.2 Å². The molecule has 0 bridgehead atoms. The largest absolute Gasteiger partial charge is 0.325 e. The highest BCUT2D eigenvalue weighted by Gasteiger charge is 2.14. The number of thioether (sulfide) groups is 1. The number of rotatable bonds is 5. The van der Waals surface area contributed by atoms with Gasteiger partial charge in [0.25, 0.3) is 0 Å². The van der Waals surface area contributed by atoms with E-state index in [-0.39, 0.29) is 16.6 Å². The van der Waals surface area contributed by atoms with E-state index in [2.05, 4.69) is 10.3 Å². The lowest BCUT2D eigenvalue weighted by Crippen LogP contribution is -2.14. The minimum Gasteiger partial charge on any atom is -0.325 e. The first-order chi connectivity index (χ1) is 12.6. The van der Waals surface area contributed by atoms with Crippen molar-refractivity contribution in [3.8, 4) is 0 Å². The normalized spacial score (nSPS) is 11.7. The standard InChI is InChI=1S/C17H17ClN4O3S2/c1-10-3-4-11(7-13(10)18)20-16(23)9-26-17-21-14-8-12(27(19,24)25)5-6-15(14)22(17)2/h3-8H,9H2,1-2H3,(H,20,23)(H2,19,24,25). The number of carbonyl (C=O) groups is 1. The number of sulfonamides is 1. The summed E-state index contributed by atoms with van der Waals surface area (Å²) in [5.41, 5.74) is 2.80. The number of nitrogens with zero attached hydrogens (tertiary/aromatic N) is 2. The van der Waals surface area contributed by atoms with Gasteiger partial charge in [-0.05, 0) is 42.8 Å². The number of imidazole rings is 1. The first-order valence-corrected chi connectivity index (χ1v) is 10.7. The van der Waals surface area contributed by atoms with Crippen molar-refractivity contribution >= 4 is 56.0 Å². The lowest BCUT2D eigenvalue weighted by Gasteiger charge is -2.07. The van der Waals surface area contributed by atoms with Gasteiger partial charge in [0.05, 0.1) is 21.7 Å². The average Bonchev–Trinajstić information content (AvgIpc) is 2.91. The minimum absolute atomic E-state index is 0.00126. The molecule has 7 nitrogen and oxygen atoms in total. The van der Waals surface area contributed by atoms with Crippen LogP contribution >= 0.6 is 23.4 Å². The van der Waals surface area contributed by atoms with E-state index in [0.717, 1.165) is 11.1 Å². The van der Waals surface area contributed by atoms with Crippen molar-refractivity contribution in [3.63, 3.8) is 0 Å². The average molecular weight is 425 g/mol. The van der Waals surface area contributed by atoms with E-state index in [1.807, 2.05) is 13.0 Å². The highest BCUT2D eigenvalue weighted by molar-refractivity contribution is 7.99. The van der Waals surface area contributed by atoms with Crippen LogP contribution in [0.4, 0.5) is 5.69 Å². The maximum absolute atomic E-state index is 12.2. The maximum atomic E-state index is 12.2. The molecule has 0 aliphatic heterocycles. The monoisotopic (exact) mass is 424 g/mol. The van der Waals surface area contributed by atoms with Crippen LogP contribution in [0.2, 0.25) is 5.02 Å². The maximum Gasteiger partial charge on any atom is 0.238 e. The molecule has 0 unspecified atom stereocenters. The molecule has 3 N–H and O–H groups in total. The second-order valence-corrected chi connectivity index (χ2v) is 8.86. The molecule has 3 rings (SSSR count). The Kier molecular flexibility index (Phi) is 5.48. The van der Waals surface area contributed by atoms with E-state index in [0.29, 0.717) is 21.4 Å². The third kappa shape index (κ3) is 4.44. The number of fused-ring (bicyclic) bond motifs is 1. The molecule has 27 heavy (non-hydrogen) atoms. The van der Waals surface area contributed by atoms with Crippen molar-refractivity contribution in [1.29, 1.82) is 0 Å². The number of carbonyl (C=O) groups excluding carboxylic acids is 1. The van der Waals surface area contributed by atoms with Gasteiger partial charge >= 0.3 is 0 Å². The molecule has 0 saturated carbocycles. The van der Waals surface area contributed by atoms with Crippen molar-refractivity contribution < 1.29 is 13.2 Å². The van der Waals surface area contributed by atoms with Crippen LogP contribution in [0, 0.1) is 6.92 Å². The van der Waals surface area contributed by atoms with E-state index in [1.165, 1.54) is 23.9 Å². The molecular formula is C17H17ClN4O3S2. The molecule has 2 aromatic carbocycles. The molecule has 0 aliphatic rings. The summed E-state index contributed by atoms with van der Waals surface area (Å²) in [7, 11) is -2.00. The Bertz CT molecular complexity index is 1140. The number of nitrogens with two attached hydrogens (primary N) is 1. The highest BCUT2D eigenvalue weighted by Crippen LogP contribution is 2.25. The zero-order valence-electron chi connectivity index (χ0n) is 14.6. The summed E-state index contributed by atoms with van der Waals surface area (Å²) in [4.78, 5) is 16.6. The highest BCUT2D eigenvalue weighted by atomic mass is 35.5. The molecule has 0 atom stereocenters. The lowest BCUT2D eigenvalue weighted by atomic mass is 10.2. The number of halogens is 1. The number of nitrogens with one attached hydrogen (secondary N) is 1. The van der Waals surface area contributed by atoms with Crippen LogP contribution in [0.25, 0.3) is 11.0 Å². The zero-order valence-corrected chi connectivity index (χ0v) is 17.0. The van der Waals surface area contributed by atoms with Gasteiger partial charge in [-0.2, -0.15) is 0 Å². The Morgan fingerprint density at radius 2 is 2.04 bits per heavy atom. The van der Waals surface area contributed by atoms with Gasteiger partial charge in [-0.1, -0.05) is 29.4 Å². The van der Waals surface area contributed by atoms with Gasteiger partial charge in [0.15, 0.2) is 5.16 Å². The predicted molar refractivity (Wildman–Crippen MR) is 108 cm³/mol. The summed E-state index contributed by atoms with van der Waals surface area (Å²) in [6, 6.07) is 9.81. The van der Waals surface area contributed by atoms with E-state index in [1.54, 1.807) is 29.8 Å². The number of aromatic nitrogens is 2. The van der Waals surface area contributed by atoms with Crippen LogP contribution in [0.3, 0.4) is 0 Å². The second-order valence-electron chi connectivity index (χ2n) is 5.95. The summed E-state index contributed by atoms with van der Waals surface area (Å²) in [6.45, 7) is 1.89. The third-order valence-electron chi connectivity index (χ3n) is 3.93. The van der Waals surface area contributed by atoms with Gasteiger partial charge in [-0.15, -0.1) is 0 Å². The van der Waals surface area contributed by atoms with Crippen LogP contribution in [0.1, 0.15) is 5.56 Å². The fourth-order valence-electron chi connectivity index (χ4n) is 2.46. The van der Waals surface area contributed by atoms with Crippen LogP contribution in [-0.4, -0.2) is 29.6 Å². The molecule has 1 aromatic heterocycles. The van der Waals surface area contributed by atoms with Gasteiger partial charge in [0, 0.05) is 17.8 Å². The Labute approximate surface area is 166 Å². The topological polar surface area (TPSA) is 107 Å². The van der Waals surface area contributed by atoms with E-state index in [4.69, 9.17) is 16.7 Å². The first kappa shape index (κ1) is 19.7. The molecule has 1 heterocycles. The number of anilines is 1. The van der Waals surface area contributed by atoms with Crippen LogP contribution in [0.15, 0.2) is 46.5 Å². The lowest BCUT2D eigenvalue weighted by molar-refractivity contribution is -0.113. The number of hydrogen-bond acceptors (Lipinski definition) is 5. The zero-order chi connectivity index (χ0) is 19.8. The number of hydrogen-bond donors (Lipinski definition) is 2. The Balaban J connectivity index is 1.73. The fraction of sp³-hybridized carbons (Fsp3) is 0.176. The summed E-state index contributed by atoms with van der Waals surface area (Å²) >= 11 is 7.31. The van der Waals surface area contributed by atoms with Gasteiger partial charge in [-0.25, -0.2) is 18.5 Å². The van der Waals surface area contributed by atoms with Gasteiger partial charge in [0.2, 0.25) is 15.9 Å². The summed E-state index contributed by atoms with van der Waals surface area (Å²) in [5, 5.41) is 9.12. The number of amides is 1. The van der Waals surface area contributed by atoms with Crippen molar-refractivity contribution in [2.45, 2.75) is 17.0 Å². The molecule has 0 saturated heterocycles. The van der Waals surface area contributed by atoms with Crippen LogP contribution < -0.4 is 10.5 Å². The van der Waals surface area contributed by atoms with Gasteiger partial charge in [0.1, 0.15) is 0 Å². The predicted octanol–water partition coefficient (Wildman–Crippen LogP) is 2.91. The van der Waals surface area contributed by atoms with Crippen molar-refractivity contribution in [2.75, 3.05) is 11.1 Å². The molecule has 0 aliphatic carbocycles. The molecule has 0 spiro atoms. The molecule has 142 valence electrons. The smallest absolute Gasteiger partial charge is 0.238 e. The summed E-state index contributed by atoms with van der Waals surface area (Å²) in [5.74, 6) is -0.0535. The van der Waals surface area contributed by atoms with Gasteiger partial charge in [-0.3, -0.25) is 4.79 Å². The SMILES string of the molecule is Cc1ccc(NC(=O)CSc2nc3cc(S(N)(=O)=O)ccc3n2C)cc1Cl. The second kappa shape index (κ2) is 7.51. The third-order valence-corrected chi connectivity index (χ3v) is 6.28. The quantitative estimate of drug-likeness (QED) is 0.612. The molecule has 3 aromatic rings. The Morgan fingerprint density at radius 3 is 2.70 bits per heavy atom. The van der Waals surface area contributed by atoms with E-state index < -0.39 is 10.0 Å². The molecule has 0 fully saturated rings. The van der Waals surface area contributed by atoms with Crippen LogP contribution in [-0.2, 0) is 21.9 Å². The molecule has 0 radical (unpaired) electrons. The molecule has 1 amide bonds. The number of aryl methyl sites for hydroxylation is 2. The Morgan fingerprint density at radius 1 is 1.30 bits per heavy atom. The first-order valence-electron chi connectivity index (χ1n) is 7.83. The Hall–Kier alpha value is -2.07. The molecular weight excluding hydrogens is 408 g/mol. The fourth-order valence-corrected chi connectivity index (χ4v) is 3.96. The summed E-state index contributed by atoms with van der Waals surface area (Å²) < 4.78 is 24.7. The minimum atomic E-state index is -3.80. The van der Waals surface area contributed by atoms with Gasteiger partial charge < -0.3 is 9.88 Å². The van der Waals surface area contributed by atoms with Crippen LogP contribution in [0.5, 0.6) is 0 Å². The van der Waals surface area contributed by atoms with Crippen molar-refractivity contribution in [2.24, 2.45) is 12.2 Å². The summed E-state index contributed by atoms with van der Waals surface area (Å²) in [6.07, 6.45) is 0. The number of primary sulfonamides is 1. The molecule has 10 heteroatoms.